The van der Waals surface area contributed by atoms with Gasteiger partial charge in [-0.1, -0.05) is 17.3 Å². The molecule has 5 nitrogen and oxygen atoms in total. The highest BCUT2D eigenvalue weighted by atomic mass is 19.1. The highest BCUT2D eigenvalue weighted by Crippen LogP contribution is 2.32. The molecule has 1 atom stereocenters. The molecular formula is C18H22FN3O2. The maximum absolute atomic E-state index is 13.1. The highest BCUT2D eigenvalue weighted by Gasteiger charge is 2.39. The number of rotatable bonds is 4. The Kier molecular flexibility index (Phi) is 4.55. The van der Waals surface area contributed by atoms with Crippen molar-refractivity contribution in [1.82, 2.24) is 15.4 Å². The van der Waals surface area contributed by atoms with E-state index >= 15 is 0 Å². The smallest absolute Gasteiger partial charge is 0.318 e. The second-order valence-corrected chi connectivity index (χ2v) is 6.65. The van der Waals surface area contributed by atoms with Crippen molar-refractivity contribution >= 4 is 6.03 Å². The van der Waals surface area contributed by atoms with E-state index in [1.54, 1.807) is 12.1 Å². The number of carbonyl (C=O) groups excluding carboxylic acids is 1. The molecule has 3 rings (SSSR count). The molecule has 0 saturated carbocycles. The minimum atomic E-state index is -0.265. The number of aromatic nitrogens is 1. The van der Waals surface area contributed by atoms with Crippen LogP contribution in [0.2, 0.25) is 0 Å². The quantitative estimate of drug-likeness (QED) is 0.934. The van der Waals surface area contributed by atoms with E-state index in [9.17, 15) is 9.18 Å². The van der Waals surface area contributed by atoms with Gasteiger partial charge in [0.2, 0.25) is 0 Å². The molecule has 2 amide bonds. The summed E-state index contributed by atoms with van der Waals surface area (Å²) in [6.07, 6.45) is 2.61. The van der Waals surface area contributed by atoms with E-state index in [1.807, 2.05) is 17.9 Å². The second-order valence-electron chi connectivity index (χ2n) is 6.65. The van der Waals surface area contributed by atoms with Gasteiger partial charge < -0.3 is 14.7 Å². The topological polar surface area (TPSA) is 58.4 Å². The molecule has 128 valence electrons. The zero-order chi connectivity index (χ0) is 17.2. The summed E-state index contributed by atoms with van der Waals surface area (Å²) in [7, 11) is 0. The zero-order valence-electron chi connectivity index (χ0n) is 14.0. The minimum absolute atomic E-state index is 0.105. The van der Waals surface area contributed by atoms with E-state index in [2.05, 4.69) is 17.4 Å². The molecule has 0 aliphatic carbocycles. The Hall–Kier alpha value is -2.37. The van der Waals surface area contributed by atoms with Gasteiger partial charge in [-0.05, 0) is 50.8 Å². The molecule has 1 saturated heterocycles. The van der Waals surface area contributed by atoms with Gasteiger partial charge in [-0.15, -0.1) is 0 Å². The first-order valence-electron chi connectivity index (χ1n) is 8.18. The van der Waals surface area contributed by atoms with Crippen molar-refractivity contribution in [1.29, 1.82) is 0 Å². The van der Waals surface area contributed by atoms with Crippen LogP contribution in [0.4, 0.5) is 9.18 Å². The van der Waals surface area contributed by atoms with Crippen LogP contribution < -0.4 is 5.32 Å². The summed E-state index contributed by atoms with van der Waals surface area (Å²) in [6.45, 7) is 4.97. The molecule has 2 aromatic rings. The SMILES string of the molecule is Cc1cc(CNC(=O)N2CCCC2(C)Cc2ccc(F)cc2)on1. The number of benzene rings is 1. The van der Waals surface area contributed by atoms with Crippen LogP contribution in [0, 0.1) is 12.7 Å². The number of hydrogen-bond donors (Lipinski definition) is 1. The average Bonchev–Trinajstić information content (AvgIpc) is 3.13. The van der Waals surface area contributed by atoms with Gasteiger partial charge in [0.15, 0.2) is 5.76 Å². The molecule has 2 heterocycles. The second kappa shape index (κ2) is 6.63. The van der Waals surface area contributed by atoms with Crippen LogP contribution in [-0.2, 0) is 13.0 Å². The molecule has 1 aliphatic rings. The van der Waals surface area contributed by atoms with E-state index in [1.165, 1.54) is 12.1 Å². The Morgan fingerprint density at radius 1 is 1.42 bits per heavy atom. The lowest BCUT2D eigenvalue weighted by Crippen LogP contribution is -2.50. The van der Waals surface area contributed by atoms with Crippen molar-refractivity contribution in [2.24, 2.45) is 0 Å². The fraction of sp³-hybridized carbons (Fsp3) is 0.444. The van der Waals surface area contributed by atoms with Crippen molar-refractivity contribution in [3.8, 4) is 0 Å². The van der Waals surface area contributed by atoms with Crippen molar-refractivity contribution in [2.75, 3.05) is 6.54 Å². The van der Waals surface area contributed by atoms with E-state index in [0.29, 0.717) is 18.7 Å². The summed E-state index contributed by atoms with van der Waals surface area (Å²) in [4.78, 5) is 14.5. The summed E-state index contributed by atoms with van der Waals surface area (Å²) in [5.74, 6) is 0.396. The minimum Gasteiger partial charge on any atom is -0.359 e. The summed E-state index contributed by atoms with van der Waals surface area (Å²) in [5, 5.41) is 6.71. The van der Waals surface area contributed by atoms with Crippen molar-refractivity contribution in [2.45, 2.75) is 45.2 Å². The molecule has 6 heteroatoms. The van der Waals surface area contributed by atoms with Gasteiger partial charge in [0.05, 0.1) is 12.2 Å². The van der Waals surface area contributed by atoms with E-state index in [4.69, 9.17) is 4.52 Å². The summed E-state index contributed by atoms with van der Waals surface area (Å²) >= 11 is 0. The lowest BCUT2D eigenvalue weighted by Gasteiger charge is -2.35. The number of amides is 2. The van der Waals surface area contributed by atoms with Gasteiger partial charge >= 0.3 is 6.03 Å². The van der Waals surface area contributed by atoms with Crippen molar-refractivity contribution in [3.05, 3.63) is 53.2 Å². The first-order chi connectivity index (χ1) is 11.5. The van der Waals surface area contributed by atoms with Crippen molar-refractivity contribution < 1.29 is 13.7 Å². The average molecular weight is 331 g/mol. The lowest BCUT2D eigenvalue weighted by atomic mass is 9.90. The third-order valence-corrected chi connectivity index (χ3v) is 4.58. The number of likely N-dealkylation sites (tertiary alicyclic amines) is 1. The Bertz CT molecular complexity index is 713. The summed E-state index contributed by atoms with van der Waals surface area (Å²) < 4.78 is 18.2. The maximum Gasteiger partial charge on any atom is 0.318 e. The van der Waals surface area contributed by atoms with Gasteiger partial charge in [-0.3, -0.25) is 0 Å². The van der Waals surface area contributed by atoms with E-state index in [-0.39, 0.29) is 17.4 Å². The molecule has 1 fully saturated rings. The Morgan fingerprint density at radius 2 is 2.17 bits per heavy atom. The van der Waals surface area contributed by atoms with Crippen molar-refractivity contribution in [3.63, 3.8) is 0 Å². The summed E-state index contributed by atoms with van der Waals surface area (Å²) in [6, 6.07) is 8.20. The largest absolute Gasteiger partial charge is 0.359 e. The number of halogens is 1. The van der Waals surface area contributed by atoms with Gasteiger partial charge in [0.25, 0.3) is 0 Å². The van der Waals surface area contributed by atoms with Crippen LogP contribution in [0.1, 0.15) is 36.8 Å². The van der Waals surface area contributed by atoms with Crippen LogP contribution in [0.25, 0.3) is 0 Å². The van der Waals surface area contributed by atoms with Gasteiger partial charge in [-0.25, -0.2) is 9.18 Å². The van der Waals surface area contributed by atoms with Crippen LogP contribution >= 0.6 is 0 Å². The molecule has 1 N–H and O–H groups in total. The lowest BCUT2D eigenvalue weighted by molar-refractivity contribution is 0.154. The molecule has 0 bridgehead atoms. The standard InChI is InChI=1S/C18H22FN3O2/c1-13-10-16(24-21-13)12-20-17(23)22-9-3-8-18(22,2)11-14-4-6-15(19)7-5-14/h4-7,10H,3,8-9,11-12H2,1-2H3,(H,20,23). The van der Waals surface area contributed by atoms with E-state index < -0.39 is 0 Å². The molecule has 1 aromatic heterocycles. The normalized spacial score (nSPS) is 20.4. The van der Waals surface area contributed by atoms with Crippen LogP contribution in [0.5, 0.6) is 0 Å². The zero-order valence-corrected chi connectivity index (χ0v) is 14.0. The molecule has 1 unspecified atom stereocenters. The number of nitrogens with one attached hydrogen (secondary N) is 1. The molecule has 0 radical (unpaired) electrons. The third kappa shape index (κ3) is 3.58. The fourth-order valence-electron chi connectivity index (χ4n) is 3.35. The summed E-state index contributed by atoms with van der Waals surface area (Å²) in [5.41, 5.74) is 1.56. The fourth-order valence-corrected chi connectivity index (χ4v) is 3.35. The Morgan fingerprint density at radius 3 is 2.83 bits per heavy atom. The molecule has 24 heavy (non-hydrogen) atoms. The number of hydrogen-bond acceptors (Lipinski definition) is 3. The number of nitrogens with zero attached hydrogens (tertiary/aromatic N) is 2. The Labute approximate surface area is 140 Å². The van der Waals surface area contributed by atoms with Gasteiger partial charge in [0.1, 0.15) is 5.82 Å². The van der Waals surface area contributed by atoms with Crippen LogP contribution in [0.15, 0.2) is 34.9 Å². The van der Waals surface area contributed by atoms with Crippen LogP contribution in [0.3, 0.4) is 0 Å². The monoisotopic (exact) mass is 331 g/mol. The first-order valence-corrected chi connectivity index (χ1v) is 8.18. The van der Waals surface area contributed by atoms with Gasteiger partial charge in [0, 0.05) is 18.2 Å². The van der Waals surface area contributed by atoms with E-state index in [0.717, 1.165) is 30.6 Å². The maximum atomic E-state index is 13.1. The number of carbonyl (C=O) groups is 1. The number of urea groups is 1. The predicted molar refractivity (Wildman–Crippen MR) is 87.9 cm³/mol. The Balaban J connectivity index is 1.64. The van der Waals surface area contributed by atoms with Gasteiger partial charge in [-0.2, -0.15) is 0 Å². The molecule has 0 spiro atoms. The van der Waals surface area contributed by atoms with Crippen LogP contribution in [-0.4, -0.2) is 28.2 Å². The molecule has 1 aromatic carbocycles. The molecule has 1 aliphatic heterocycles. The molecular weight excluding hydrogens is 309 g/mol. The third-order valence-electron chi connectivity index (χ3n) is 4.58. The number of aryl methyl sites for hydroxylation is 1. The highest BCUT2D eigenvalue weighted by molar-refractivity contribution is 5.75. The predicted octanol–water partition coefficient (Wildman–Crippen LogP) is 3.43. The first kappa shape index (κ1) is 16.5.